The van der Waals surface area contributed by atoms with Crippen molar-refractivity contribution in [2.45, 2.75) is 45.8 Å². The molecule has 0 saturated carbocycles. The predicted molar refractivity (Wildman–Crippen MR) is 86.7 cm³/mol. The Bertz CT molecular complexity index is 558. The van der Waals surface area contributed by atoms with Gasteiger partial charge in [0.25, 0.3) is 0 Å². The van der Waals surface area contributed by atoms with Crippen LogP contribution >= 0.6 is 0 Å². The fourth-order valence-electron chi connectivity index (χ4n) is 2.39. The number of aliphatic hydroxyl groups excluding tert-OH is 1. The van der Waals surface area contributed by atoms with Gasteiger partial charge in [-0.1, -0.05) is 36.4 Å². The van der Waals surface area contributed by atoms with E-state index in [0.717, 1.165) is 24.2 Å². The molecule has 21 heavy (non-hydrogen) atoms. The molecule has 0 heterocycles. The maximum Gasteiger partial charge on any atom is 0.119 e. The van der Waals surface area contributed by atoms with Crippen molar-refractivity contribution in [2.24, 2.45) is 0 Å². The zero-order chi connectivity index (χ0) is 15.2. The summed E-state index contributed by atoms with van der Waals surface area (Å²) in [5, 5.41) is 10.3. The van der Waals surface area contributed by atoms with Gasteiger partial charge in [0.05, 0.1) is 12.2 Å². The summed E-state index contributed by atoms with van der Waals surface area (Å²) in [6, 6.07) is 16.1. The minimum atomic E-state index is -0.433. The molecule has 2 nitrogen and oxygen atoms in total. The molecule has 0 bridgehead atoms. The lowest BCUT2D eigenvalue weighted by atomic mass is 9.99. The van der Waals surface area contributed by atoms with Crippen LogP contribution in [-0.4, -0.2) is 11.2 Å². The number of ether oxygens (including phenoxy) is 1. The first kappa shape index (κ1) is 15.6. The van der Waals surface area contributed by atoms with E-state index >= 15 is 0 Å². The van der Waals surface area contributed by atoms with E-state index in [9.17, 15) is 5.11 Å². The van der Waals surface area contributed by atoms with Crippen molar-refractivity contribution in [1.29, 1.82) is 0 Å². The van der Waals surface area contributed by atoms with Crippen molar-refractivity contribution < 1.29 is 9.84 Å². The van der Waals surface area contributed by atoms with Gasteiger partial charge in [0.1, 0.15) is 5.75 Å². The van der Waals surface area contributed by atoms with Crippen LogP contribution in [0.4, 0.5) is 0 Å². The Hall–Kier alpha value is -1.80. The van der Waals surface area contributed by atoms with Crippen LogP contribution in [0.1, 0.15) is 43.1 Å². The summed E-state index contributed by atoms with van der Waals surface area (Å²) < 4.78 is 5.61. The highest BCUT2D eigenvalue weighted by Crippen LogP contribution is 2.23. The van der Waals surface area contributed by atoms with Gasteiger partial charge in [0.2, 0.25) is 0 Å². The third-order valence-electron chi connectivity index (χ3n) is 3.59. The van der Waals surface area contributed by atoms with Gasteiger partial charge in [-0.05, 0) is 62.4 Å². The second-order valence-electron chi connectivity index (χ2n) is 5.72. The number of benzene rings is 2. The van der Waals surface area contributed by atoms with Gasteiger partial charge in [0, 0.05) is 0 Å². The van der Waals surface area contributed by atoms with Crippen LogP contribution < -0.4 is 4.74 Å². The summed E-state index contributed by atoms with van der Waals surface area (Å²) in [4.78, 5) is 0. The van der Waals surface area contributed by atoms with Gasteiger partial charge in [-0.25, -0.2) is 0 Å². The van der Waals surface area contributed by atoms with E-state index in [2.05, 4.69) is 19.1 Å². The number of aryl methyl sites for hydroxylation is 2. The Morgan fingerprint density at radius 2 is 1.67 bits per heavy atom. The second kappa shape index (κ2) is 7.28. The van der Waals surface area contributed by atoms with Crippen molar-refractivity contribution in [3.05, 3.63) is 65.2 Å². The van der Waals surface area contributed by atoms with E-state index in [4.69, 9.17) is 4.74 Å². The number of hydrogen-bond acceptors (Lipinski definition) is 2. The summed E-state index contributed by atoms with van der Waals surface area (Å²) in [5.74, 6) is 0.847. The second-order valence-corrected chi connectivity index (χ2v) is 5.72. The summed E-state index contributed by atoms with van der Waals surface area (Å²) >= 11 is 0. The van der Waals surface area contributed by atoms with Crippen LogP contribution in [-0.2, 0) is 6.42 Å². The highest BCUT2D eigenvalue weighted by Gasteiger charge is 2.09. The van der Waals surface area contributed by atoms with Gasteiger partial charge in [-0.2, -0.15) is 0 Å². The molecule has 0 radical (unpaired) electrons. The fourth-order valence-corrected chi connectivity index (χ4v) is 2.39. The fraction of sp³-hybridized carbons (Fsp3) is 0.368. The smallest absolute Gasteiger partial charge is 0.119 e. The van der Waals surface area contributed by atoms with Crippen molar-refractivity contribution in [2.75, 3.05) is 0 Å². The number of aliphatic hydroxyl groups is 1. The Labute approximate surface area is 127 Å². The zero-order valence-corrected chi connectivity index (χ0v) is 13.0. The molecule has 0 saturated heterocycles. The highest BCUT2D eigenvalue weighted by atomic mass is 16.5. The van der Waals surface area contributed by atoms with Crippen LogP contribution in [0, 0.1) is 6.92 Å². The van der Waals surface area contributed by atoms with Gasteiger partial charge in [-0.3, -0.25) is 0 Å². The molecule has 1 unspecified atom stereocenters. The summed E-state index contributed by atoms with van der Waals surface area (Å²) in [6.07, 6.45) is 1.35. The summed E-state index contributed by atoms with van der Waals surface area (Å²) in [6.45, 7) is 6.12. The summed E-state index contributed by atoms with van der Waals surface area (Å²) in [5.41, 5.74) is 3.53. The average Bonchev–Trinajstić information content (AvgIpc) is 2.46. The molecule has 0 spiro atoms. The Balaban J connectivity index is 1.94. The third kappa shape index (κ3) is 4.61. The molecule has 0 aliphatic heterocycles. The molecule has 2 aromatic rings. The minimum absolute atomic E-state index is 0.168. The molecule has 0 aliphatic carbocycles. The van der Waals surface area contributed by atoms with E-state index in [1.807, 2.05) is 50.2 Å². The Morgan fingerprint density at radius 3 is 2.29 bits per heavy atom. The minimum Gasteiger partial charge on any atom is -0.491 e. The zero-order valence-electron chi connectivity index (χ0n) is 13.0. The lowest BCUT2D eigenvalue weighted by molar-refractivity contribution is 0.167. The SMILES string of the molecule is Cc1ccccc1CCC(O)c1ccc(OC(C)C)cc1. The standard InChI is InChI=1S/C19H24O2/c1-14(2)21-18-11-8-17(9-12-18)19(20)13-10-16-7-5-4-6-15(16)3/h4-9,11-12,14,19-20H,10,13H2,1-3H3. The van der Waals surface area contributed by atoms with Gasteiger partial charge in [-0.15, -0.1) is 0 Å². The first-order valence-electron chi connectivity index (χ1n) is 7.55. The molecule has 0 amide bonds. The molecule has 1 atom stereocenters. The van der Waals surface area contributed by atoms with E-state index in [-0.39, 0.29) is 6.10 Å². The lowest BCUT2D eigenvalue weighted by Crippen LogP contribution is -2.06. The van der Waals surface area contributed by atoms with Crippen LogP contribution in [0.25, 0.3) is 0 Å². The Morgan fingerprint density at radius 1 is 1.00 bits per heavy atom. The molecule has 112 valence electrons. The van der Waals surface area contributed by atoms with Crippen LogP contribution in [0.3, 0.4) is 0 Å². The molecule has 0 aliphatic rings. The first-order valence-corrected chi connectivity index (χ1v) is 7.55. The normalized spacial score (nSPS) is 12.4. The van der Waals surface area contributed by atoms with E-state index in [1.54, 1.807) is 0 Å². The van der Waals surface area contributed by atoms with Gasteiger partial charge < -0.3 is 9.84 Å². The van der Waals surface area contributed by atoms with Crippen molar-refractivity contribution in [3.8, 4) is 5.75 Å². The van der Waals surface area contributed by atoms with E-state index < -0.39 is 6.10 Å². The highest BCUT2D eigenvalue weighted by molar-refractivity contribution is 5.29. The number of hydrogen-bond donors (Lipinski definition) is 1. The molecule has 2 aromatic carbocycles. The monoisotopic (exact) mass is 284 g/mol. The van der Waals surface area contributed by atoms with Crippen LogP contribution in [0.15, 0.2) is 48.5 Å². The summed E-state index contributed by atoms with van der Waals surface area (Å²) in [7, 11) is 0. The average molecular weight is 284 g/mol. The quantitative estimate of drug-likeness (QED) is 0.849. The topological polar surface area (TPSA) is 29.5 Å². The van der Waals surface area contributed by atoms with Crippen LogP contribution in [0.5, 0.6) is 5.75 Å². The molecular formula is C19H24O2. The van der Waals surface area contributed by atoms with Crippen molar-refractivity contribution in [1.82, 2.24) is 0 Å². The maximum absolute atomic E-state index is 10.3. The molecular weight excluding hydrogens is 260 g/mol. The van der Waals surface area contributed by atoms with Gasteiger partial charge in [0.15, 0.2) is 0 Å². The van der Waals surface area contributed by atoms with Gasteiger partial charge >= 0.3 is 0 Å². The largest absolute Gasteiger partial charge is 0.491 e. The van der Waals surface area contributed by atoms with Crippen molar-refractivity contribution in [3.63, 3.8) is 0 Å². The molecule has 0 fully saturated rings. The first-order chi connectivity index (χ1) is 10.1. The maximum atomic E-state index is 10.3. The predicted octanol–water partition coefficient (Wildman–Crippen LogP) is 4.45. The van der Waals surface area contributed by atoms with Crippen LogP contribution in [0.2, 0.25) is 0 Å². The number of rotatable bonds is 6. The van der Waals surface area contributed by atoms with E-state index in [1.165, 1.54) is 11.1 Å². The van der Waals surface area contributed by atoms with E-state index in [0.29, 0.717) is 0 Å². The molecule has 2 rings (SSSR count). The molecule has 0 aromatic heterocycles. The lowest BCUT2D eigenvalue weighted by Gasteiger charge is -2.14. The molecule has 1 N–H and O–H groups in total. The Kier molecular flexibility index (Phi) is 5.40. The van der Waals surface area contributed by atoms with Crippen molar-refractivity contribution >= 4 is 0 Å². The molecule has 2 heteroatoms. The third-order valence-corrected chi connectivity index (χ3v) is 3.59.